The summed E-state index contributed by atoms with van der Waals surface area (Å²) in [6, 6.07) is 4.07. The molecule has 0 spiro atoms. The van der Waals surface area contributed by atoms with Crippen molar-refractivity contribution < 1.29 is 33.5 Å². The number of anilines is 1. The Bertz CT molecular complexity index is 1270. The smallest absolute Gasteiger partial charge is 0.320 e. The second-order valence-electron chi connectivity index (χ2n) is 12.1. The van der Waals surface area contributed by atoms with E-state index in [9.17, 15) is 28.8 Å². The van der Waals surface area contributed by atoms with Gasteiger partial charge in [-0.1, -0.05) is 6.07 Å². The summed E-state index contributed by atoms with van der Waals surface area (Å²) < 4.78 is 5.41. The van der Waals surface area contributed by atoms with Gasteiger partial charge in [0.05, 0.1) is 23.4 Å². The lowest BCUT2D eigenvalue weighted by Crippen LogP contribution is -2.54. The van der Waals surface area contributed by atoms with Gasteiger partial charge in [0, 0.05) is 38.5 Å². The average Bonchev–Trinajstić information content (AvgIpc) is 3.17. The molecule has 1 N–H and O–H groups in total. The molecule has 5 amide bonds. The molecule has 4 aliphatic heterocycles. The number of rotatable bonds is 5. The summed E-state index contributed by atoms with van der Waals surface area (Å²) in [5, 5.41) is 2.22. The monoisotopic (exact) mass is 567 g/mol. The zero-order valence-corrected chi connectivity index (χ0v) is 23.8. The highest BCUT2D eigenvalue weighted by molar-refractivity contribution is 6.25. The first kappa shape index (κ1) is 28.7. The summed E-state index contributed by atoms with van der Waals surface area (Å²) in [6.07, 6.45) is 1.53. The van der Waals surface area contributed by atoms with Crippen molar-refractivity contribution in [1.29, 1.82) is 0 Å². The predicted molar refractivity (Wildman–Crippen MR) is 147 cm³/mol. The Morgan fingerprint density at radius 2 is 1.61 bits per heavy atom. The summed E-state index contributed by atoms with van der Waals surface area (Å²) in [4.78, 5) is 82.9. The highest BCUT2D eigenvalue weighted by atomic mass is 16.6. The number of likely N-dealkylation sites (tertiary alicyclic amines) is 1. The Kier molecular flexibility index (Phi) is 7.87. The first-order chi connectivity index (χ1) is 19.4. The van der Waals surface area contributed by atoms with E-state index in [1.807, 2.05) is 35.5 Å². The molecule has 41 heavy (non-hydrogen) atoms. The van der Waals surface area contributed by atoms with Gasteiger partial charge in [-0.3, -0.25) is 43.9 Å². The van der Waals surface area contributed by atoms with Crippen molar-refractivity contribution in [2.75, 3.05) is 50.7 Å². The van der Waals surface area contributed by atoms with Crippen LogP contribution in [0.4, 0.5) is 5.69 Å². The van der Waals surface area contributed by atoms with Gasteiger partial charge in [-0.05, 0) is 65.3 Å². The molecule has 1 aromatic carbocycles. The minimum absolute atomic E-state index is 0.0649. The number of esters is 1. The Hall–Kier alpha value is -3.80. The standard InChI is InChI=1S/C29H37N5O7/c1-29(2,3)41-23(36)17-31-11-9-18(10-12-31)26(38)33-15-13-32(14-16-33)20-6-4-5-19-24(20)28(40)34(27(19)39)21-7-8-22(35)30-25(21)37/h4-6,18,21H,7-17H2,1-3H3,(H,30,35,37). The first-order valence-corrected chi connectivity index (χ1v) is 14.3. The van der Waals surface area contributed by atoms with Gasteiger partial charge >= 0.3 is 5.97 Å². The van der Waals surface area contributed by atoms with Crippen LogP contribution in [0.25, 0.3) is 0 Å². The maximum Gasteiger partial charge on any atom is 0.320 e. The lowest BCUT2D eigenvalue weighted by molar-refractivity contribution is -0.156. The molecule has 0 radical (unpaired) electrons. The van der Waals surface area contributed by atoms with E-state index in [4.69, 9.17) is 4.74 Å². The minimum Gasteiger partial charge on any atom is -0.459 e. The van der Waals surface area contributed by atoms with Gasteiger partial charge in [0.25, 0.3) is 11.8 Å². The van der Waals surface area contributed by atoms with Crippen molar-refractivity contribution in [3.8, 4) is 0 Å². The number of carbonyl (C=O) groups is 6. The summed E-state index contributed by atoms with van der Waals surface area (Å²) in [7, 11) is 0. The third-order valence-electron chi connectivity index (χ3n) is 8.09. The molecule has 4 aliphatic rings. The molecule has 5 rings (SSSR count). The quantitative estimate of drug-likeness (QED) is 0.405. The Balaban J connectivity index is 1.17. The summed E-state index contributed by atoms with van der Waals surface area (Å²) in [5.41, 5.74) is 0.592. The van der Waals surface area contributed by atoms with E-state index in [1.54, 1.807) is 18.2 Å². The summed E-state index contributed by atoms with van der Waals surface area (Å²) >= 11 is 0. The molecule has 220 valence electrons. The number of carbonyl (C=O) groups excluding carboxylic acids is 6. The third kappa shape index (κ3) is 5.97. The predicted octanol–water partition coefficient (Wildman–Crippen LogP) is 0.790. The van der Waals surface area contributed by atoms with Crippen molar-refractivity contribution >= 4 is 41.2 Å². The maximum atomic E-state index is 13.5. The molecule has 0 aliphatic carbocycles. The van der Waals surface area contributed by atoms with Crippen LogP contribution in [0, 0.1) is 5.92 Å². The third-order valence-corrected chi connectivity index (χ3v) is 8.09. The fourth-order valence-corrected chi connectivity index (χ4v) is 6.08. The number of hydrogen-bond donors (Lipinski definition) is 1. The van der Waals surface area contributed by atoms with Gasteiger partial charge < -0.3 is 14.5 Å². The molecule has 0 saturated carbocycles. The van der Waals surface area contributed by atoms with Crippen LogP contribution in [0.3, 0.4) is 0 Å². The van der Waals surface area contributed by atoms with Crippen LogP contribution in [0.2, 0.25) is 0 Å². The number of nitrogens with zero attached hydrogens (tertiary/aromatic N) is 4. The second kappa shape index (κ2) is 11.2. The molecule has 12 heteroatoms. The zero-order chi connectivity index (χ0) is 29.5. The molecular weight excluding hydrogens is 530 g/mol. The lowest BCUT2D eigenvalue weighted by atomic mass is 9.95. The van der Waals surface area contributed by atoms with Crippen molar-refractivity contribution in [3.05, 3.63) is 29.3 Å². The molecule has 4 heterocycles. The molecule has 1 atom stereocenters. The number of ether oxygens (including phenoxy) is 1. The fraction of sp³-hybridized carbons (Fsp3) is 0.586. The van der Waals surface area contributed by atoms with Crippen LogP contribution >= 0.6 is 0 Å². The molecular formula is C29H37N5O7. The Labute approximate surface area is 238 Å². The van der Waals surface area contributed by atoms with Crippen LogP contribution in [-0.4, -0.2) is 108 Å². The second-order valence-corrected chi connectivity index (χ2v) is 12.1. The number of imide groups is 2. The van der Waals surface area contributed by atoms with E-state index < -0.39 is 35.3 Å². The molecule has 0 bridgehead atoms. The van der Waals surface area contributed by atoms with Crippen molar-refractivity contribution in [1.82, 2.24) is 20.0 Å². The van der Waals surface area contributed by atoms with E-state index in [0.717, 1.165) is 4.90 Å². The summed E-state index contributed by atoms with van der Waals surface area (Å²) in [5.74, 6) is -2.37. The lowest BCUT2D eigenvalue weighted by Gasteiger charge is -2.39. The maximum absolute atomic E-state index is 13.5. The van der Waals surface area contributed by atoms with Gasteiger partial charge in [-0.15, -0.1) is 0 Å². The van der Waals surface area contributed by atoms with Gasteiger partial charge in [0.1, 0.15) is 11.6 Å². The average molecular weight is 568 g/mol. The molecule has 1 aromatic rings. The fourth-order valence-electron chi connectivity index (χ4n) is 6.08. The molecule has 12 nitrogen and oxygen atoms in total. The van der Waals surface area contributed by atoms with Crippen LogP contribution in [0.15, 0.2) is 18.2 Å². The number of hydrogen-bond acceptors (Lipinski definition) is 9. The van der Waals surface area contributed by atoms with Crippen molar-refractivity contribution in [2.24, 2.45) is 5.92 Å². The first-order valence-electron chi connectivity index (χ1n) is 14.3. The minimum atomic E-state index is -1.02. The number of piperidine rings is 2. The van der Waals surface area contributed by atoms with Gasteiger partial charge in [0.15, 0.2) is 0 Å². The zero-order valence-electron chi connectivity index (χ0n) is 23.8. The molecule has 3 fully saturated rings. The van der Waals surface area contributed by atoms with Crippen LogP contribution < -0.4 is 10.2 Å². The van der Waals surface area contributed by atoms with Crippen molar-refractivity contribution in [3.63, 3.8) is 0 Å². The van der Waals surface area contributed by atoms with Gasteiger partial charge in [-0.2, -0.15) is 0 Å². The number of nitrogens with one attached hydrogen (secondary N) is 1. The van der Waals surface area contributed by atoms with E-state index in [0.29, 0.717) is 57.8 Å². The largest absolute Gasteiger partial charge is 0.459 e. The van der Waals surface area contributed by atoms with Crippen LogP contribution in [0.5, 0.6) is 0 Å². The molecule has 3 saturated heterocycles. The Morgan fingerprint density at radius 1 is 0.927 bits per heavy atom. The number of piperazine rings is 1. The highest BCUT2D eigenvalue weighted by Gasteiger charge is 2.46. The van der Waals surface area contributed by atoms with Gasteiger partial charge in [0.2, 0.25) is 17.7 Å². The van der Waals surface area contributed by atoms with E-state index in [1.165, 1.54) is 0 Å². The SMILES string of the molecule is CC(C)(C)OC(=O)CN1CCC(C(=O)N2CCN(c3cccc4c3C(=O)N(C3CCC(=O)NC3=O)C4=O)CC2)CC1. The van der Waals surface area contributed by atoms with E-state index >= 15 is 0 Å². The topological polar surface area (TPSA) is 137 Å². The van der Waals surface area contributed by atoms with Crippen LogP contribution in [0.1, 0.15) is 67.2 Å². The molecule has 1 unspecified atom stereocenters. The Morgan fingerprint density at radius 3 is 2.24 bits per heavy atom. The summed E-state index contributed by atoms with van der Waals surface area (Å²) in [6.45, 7) is 9.03. The van der Waals surface area contributed by atoms with Gasteiger partial charge in [-0.25, -0.2) is 0 Å². The number of fused-ring (bicyclic) bond motifs is 1. The molecule has 0 aromatic heterocycles. The van der Waals surface area contributed by atoms with E-state index in [2.05, 4.69) is 5.32 Å². The number of amides is 5. The van der Waals surface area contributed by atoms with Crippen LogP contribution in [-0.2, 0) is 23.9 Å². The van der Waals surface area contributed by atoms with E-state index in [-0.39, 0.29) is 48.3 Å². The van der Waals surface area contributed by atoms with Crippen molar-refractivity contribution in [2.45, 2.75) is 58.1 Å². The number of benzene rings is 1. The normalized spacial score (nSPS) is 22.6. The highest BCUT2D eigenvalue weighted by Crippen LogP contribution is 2.35.